The Hall–Kier alpha value is -3.72. The summed E-state index contributed by atoms with van der Waals surface area (Å²) < 4.78 is 5.10. The van der Waals surface area contributed by atoms with Crippen LogP contribution in [0.15, 0.2) is 45.6 Å². The average Bonchev–Trinajstić information content (AvgIpc) is 3.28. The molecule has 8 nitrogen and oxygen atoms in total. The van der Waals surface area contributed by atoms with Crippen LogP contribution in [0.4, 0.5) is 10.8 Å². The maximum absolute atomic E-state index is 12.8. The summed E-state index contributed by atoms with van der Waals surface area (Å²) in [6.07, 6.45) is 1.16. The second-order valence-electron chi connectivity index (χ2n) is 6.99. The number of nitrogens with zero attached hydrogens (tertiary/aromatic N) is 1. The Morgan fingerprint density at radius 3 is 2.93 bits per heavy atom. The van der Waals surface area contributed by atoms with Crippen LogP contribution in [0, 0.1) is 6.92 Å². The molecule has 2 aromatic heterocycles. The van der Waals surface area contributed by atoms with Crippen molar-refractivity contribution < 1.29 is 14.0 Å². The Kier molecular flexibility index (Phi) is 4.25. The summed E-state index contributed by atoms with van der Waals surface area (Å²) >= 11 is 1.37. The first-order valence-electron chi connectivity index (χ1n) is 9.32. The highest BCUT2D eigenvalue weighted by atomic mass is 32.1. The fraction of sp³-hybridized carbons (Fsp3) is 0.143. The smallest absolute Gasteiger partial charge is 0.407 e. The number of fused-ring (bicyclic) bond motifs is 2. The first-order valence-corrected chi connectivity index (χ1v) is 10.1. The molecule has 2 aromatic carbocycles. The van der Waals surface area contributed by atoms with Crippen molar-refractivity contribution in [2.45, 2.75) is 19.8 Å². The fourth-order valence-corrected chi connectivity index (χ4v) is 4.40. The summed E-state index contributed by atoms with van der Waals surface area (Å²) in [5.41, 5.74) is 4.54. The number of aryl methyl sites for hydroxylation is 2. The van der Waals surface area contributed by atoms with Crippen LogP contribution in [0.1, 0.15) is 27.2 Å². The van der Waals surface area contributed by atoms with Gasteiger partial charge in [-0.05, 0) is 43.2 Å². The van der Waals surface area contributed by atoms with Gasteiger partial charge in [0.05, 0.1) is 16.8 Å². The van der Waals surface area contributed by atoms with E-state index in [0.29, 0.717) is 23.5 Å². The van der Waals surface area contributed by atoms with Crippen LogP contribution in [0.3, 0.4) is 0 Å². The first-order chi connectivity index (χ1) is 14.5. The van der Waals surface area contributed by atoms with Crippen molar-refractivity contribution >= 4 is 45.1 Å². The van der Waals surface area contributed by atoms with Crippen molar-refractivity contribution in [1.29, 1.82) is 0 Å². The number of oxazole rings is 1. The molecule has 0 atom stereocenters. The molecule has 0 aliphatic carbocycles. The number of carbonyl (C=O) groups is 2. The third kappa shape index (κ3) is 3.18. The van der Waals surface area contributed by atoms with Crippen LogP contribution < -0.4 is 16.4 Å². The monoisotopic (exact) mass is 420 g/mol. The minimum absolute atomic E-state index is 0.0263. The molecule has 0 saturated heterocycles. The number of aromatic nitrogens is 2. The van der Waals surface area contributed by atoms with Crippen molar-refractivity contribution in [2.75, 3.05) is 10.6 Å². The predicted molar refractivity (Wildman–Crippen MR) is 114 cm³/mol. The van der Waals surface area contributed by atoms with E-state index in [4.69, 9.17) is 4.42 Å². The Morgan fingerprint density at radius 2 is 2.07 bits per heavy atom. The molecule has 1 aliphatic rings. The number of amides is 2. The van der Waals surface area contributed by atoms with E-state index < -0.39 is 11.7 Å². The highest BCUT2D eigenvalue weighted by Gasteiger charge is 2.19. The van der Waals surface area contributed by atoms with Gasteiger partial charge in [-0.25, -0.2) is 9.78 Å². The zero-order valence-corrected chi connectivity index (χ0v) is 16.7. The van der Waals surface area contributed by atoms with Gasteiger partial charge in [-0.3, -0.25) is 19.9 Å². The fourth-order valence-electron chi connectivity index (χ4n) is 3.57. The van der Waals surface area contributed by atoms with Gasteiger partial charge in [0, 0.05) is 22.5 Å². The average molecular weight is 420 g/mol. The molecule has 0 saturated carbocycles. The van der Waals surface area contributed by atoms with Gasteiger partial charge in [-0.15, -0.1) is 11.3 Å². The summed E-state index contributed by atoms with van der Waals surface area (Å²) in [5, 5.41) is 6.12. The number of H-pyrrole nitrogens is 1. The van der Waals surface area contributed by atoms with Crippen molar-refractivity contribution in [1.82, 2.24) is 9.97 Å². The van der Waals surface area contributed by atoms with Crippen LogP contribution in [0.25, 0.3) is 22.4 Å². The van der Waals surface area contributed by atoms with Gasteiger partial charge in [0.2, 0.25) is 5.91 Å². The molecule has 30 heavy (non-hydrogen) atoms. The molecule has 3 heterocycles. The Bertz CT molecular complexity index is 1380. The van der Waals surface area contributed by atoms with Crippen molar-refractivity contribution in [2.24, 2.45) is 0 Å². The van der Waals surface area contributed by atoms with E-state index in [1.54, 1.807) is 18.2 Å². The third-order valence-electron chi connectivity index (χ3n) is 4.98. The Labute approximate surface area is 174 Å². The number of carbonyl (C=O) groups excluding carboxylic acids is 2. The predicted octanol–water partition coefficient (Wildman–Crippen LogP) is 3.69. The number of nitrogens with one attached hydrogen (secondary N) is 3. The lowest BCUT2D eigenvalue weighted by atomic mass is 9.99. The lowest BCUT2D eigenvalue weighted by molar-refractivity contribution is -0.116. The summed E-state index contributed by atoms with van der Waals surface area (Å²) in [5.74, 6) is -0.989. The van der Waals surface area contributed by atoms with E-state index >= 15 is 0 Å². The molecule has 4 aromatic rings. The van der Waals surface area contributed by atoms with E-state index in [9.17, 15) is 14.4 Å². The first kappa shape index (κ1) is 18.3. The lowest BCUT2D eigenvalue weighted by Gasteiger charge is -2.17. The second-order valence-corrected chi connectivity index (χ2v) is 8.20. The maximum Gasteiger partial charge on any atom is 0.417 e. The van der Waals surface area contributed by atoms with Gasteiger partial charge in [-0.2, -0.15) is 0 Å². The van der Waals surface area contributed by atoms with Crippen LogP contribution in [-0.2, 0) is 11.2 Å². The topological polar surface area (TPSA) is 117 Å². The van der Waals surface area contributed by atoms with Crippen molar-refractivity contribution in [3.8, 4) is 11.3 Å². The van der Waals surface area contributed by atoms with E-state index in [2.05, 4.69) is 20.6 Å². The van der Waals surface area contributed by atoms with Gasteiger partial charge >= 0.3 is 5.76 Å². The van der Waals surface area contributed by atoms with E-state index in [1.807, 2.05) is 25.1 Å². The number of anilines is 2. The number of rotatable bonds is 3. The van der Waals surface area contributed by atoms with Crippen molar-refractivity contribution in [3.63, 3.8) is 0 Å². The highest BCUT2D eigenvalue weighted by molar-refractivity contribution is 7.16. The van der Waals surface area contributed by atoms with Gasteiger partial charge in [0.15, 0.2) is 10.7 Å². The standard InChI is InChI=1S/C21H16N4O4S/c1-10-17(12-5-7-14-11(9-12)6-8-16(26)22-14)24-20(30-10)25-19(27)13-3-2-4-15-18(13)29-21(28)23-15/h2-5,7,9H,6,8H2,1H3,(H,22,26)(H,23,28)(H,24,25,27). The van der Waals surface area contributed by atoms with E-state index in [-0.39, 0.29) is 17.1 Å². The van der Waals surface area contributed by atoms with Gasteiger partial charge in [-0.1, -0.05) is 12.1 Å². The molecular formula is C21H16N4O4S. The minimum atomic E-state index is -0.610. The molecule has 0 radical (unpaired) electrons. The molecule has 3 N–H and O–H groups in total. The molecule has 0 bridgehead atoms. The zero-order valence-electron chi connectivity index (χ0n) is 15.9. The molecule has 1 aliphatic heterocycles. The SMILES string of the molecule is Cc1sc(NC(=O)c2cccc3[nH]c(=O)oc23)nc1-c1ccc2c(c1)CCC(=O)N2. The van der Waals surface area contributed by atoms with Crippen LogP contribution in [-0.4, -0.2) is 21.8 Å². The molecule has 9 heteroatoms. The molecule has 0 spiro atoms. The van der Waals surface area contributed by atoms with Gasteiger partial charge in [0.1, 0.15) is 0 Å². The van der Waals surface area contributed by atoms with Crippen LogP contribution in [0.5, 0.6) is 0 Å². The van der Waals surface area contributed by atoms with Crippen LogP contribution in [0.2, 0.25) is 0 Å². The molecule has 5 rings (SSSR count). The summed E-state index contributed by atoms with van der Waals surface area (Å²) in [6.45, 7) is 1.94. The Balaban J connectivity index is 1.44. The molecule has 0 unspecified atom stereocenters. The molecule has 0 fully saturated rings. The lowest BCUT2D eigenvalue weighted by Crippen LogP contribution is -2.18. The summed E-state index contributed by atoms with van der Waals surface area (Å²) in [6, 6.07) is 10.8. The number of para-hydroxylation sites is 1. The number of benzene rings is 2. The van der Waals surface area contributed by atoms with Gasteiger partial charge < -0.3 is 9.73 Å². The highest BCUT2D eigenvalue weighted by Crippen LogP contribution is 2.34. The minimum Gasteiger partial charge on any atom is -0.407 e. The Morgan fingerprint density at radius 1 is 1.20 bits per heavy atom. The molecule has 150 valence electrons. The number of hydrogen-bond donors (Lipinski definition) is 3. The van der Waals surface area contributed by atoms with E-state index in [0.717, 1.165) is 27.4 Å². The quantitative estimate of drug-likeness (QED) is 0.467. The van der Waals surface area contributed by atoms with Gasteiger partial charge in [0.25, 0.3) is 5.91 Å². The molecule has 2 amide bonds. The largest absolute Gasteiger partial charge is 0.417 e. The summed E-state index contributed by atoms with van der Waals surface area (Å²) in [4.78, 5) is 43.9. The van der Waals surface area contributed by atoms with Crippen molar-refractivity contribution in [3.05, 3.63) is 63.0 Å². The van der Waals surface area contributed by atoms with Crippen LogP contribution >= 0.6 is 11.3 Å². The van der Waals surface area contributed by atoms with E-state index in [1.165, 1.54) is 11.3 Å². The second kappa shape index (κ2) is 6.96. The zero-order chi connectivity index (χ0) is 20.8. The number of hydrogen-bond acceptors (Lipinski definition) is 6. The normalized spacial score (nSPS) is 13.2. The maximum atomic E-state index is 12.8. The molecular weight excluding hydrogens is 404 g/mol. The number of thiazole rings is 1. The summed E-state index contributed by atoms with van der Waals surface area (Å²) in [7, 11) is 0. The third-order valence-corrected chi connectivity index (χ3v) is 5.87. The number of aromatic amines is 1.